The van der Waals surface area contributed by atoms with Crippen molar-refractivity contribution in [2.24, 2.45) is 0 Å². The lowest BCUT2D eigenvalue weighted by Crippen LogP contribution is -2.16. The Morgan fingerprint density at radius 2 is 0.750 bits per heavy atom. The molecule has 1 aromatic rings. The molecule has 32 heavy (non-hydrogen) atoms. The van der Waals surface area contributed by atoms with E-state index >= 15 is 0 Å². The Balaban J connectivity index is 2.08. The summed E-state index contributed by atoms with van der Waals surface area (Å²) in [5, 5.41) is 7.36. The largest absolute Gasteiger partial charge is 0.383 e. The summed E-state index contributed by atoms with van der Waals surface area (Å²) in [5.41, 5.74) is 2.50. The predicted octanol–water partition coefficient (Wildman–Crippen LogP) is 10.3. The van der Waals surface area contributed by atoms with E-state index in [0.717, 1.165) is 0 Å². The minimum Gasteiger partial charge on any atom is -0.383 e. The van der Waals surface area contributed by atoms with Crippen LogP contribution in [0.4, 0.5) is 11.4 Å². The van der Waals surface area contributed by atoms with Crippen molar-refractivity contribution in [3.8, 4) is 0 Å². The summed E-state index contributed by atoms with van der Waals surface area (Å²) in [5.74, 6) is 0. The Kier molecular flexibility index (Phi) is 18.4. The molecule has 0 aliphatic heterocycles. The first-order valence-electron chi connectivity index (χ1n) is 14.3. The average Bonchev–Trinajstić information content (AvgIpc) is 2.78. The molecule has 186 valence electrons. The van der Waals surface area contributed by atoms with Gasteiger partial charge in [0, 0.05) is 23.5 Å². The van der Waals surface area contributed by atoms with E-state index in [4.69, 9.17) is 0 Å². The van der Waals surface area contributed by atoms with Gasteiger partial charge in [-0.1, -0.05) is 117 Å². The highest BCUT2D eigenvalue weighted by atomic mass is 14.9. The number of benzene rings is 1. The van der Waals surface area contributed by atoms with Crippen LogP contribution >= 0.6 is 0 Å². The zero-order chi connectivity index (χ0) is 23.3. The van der Waals surface area contributed by atoms with Crippen LogP contribution in [-0.4, -0.2) is 12.1 Å². The molecular formula is C30H56N2. The number of unbranched alkanes of at least 4 members (excludes halogenated alkanes) is 14. The first-order valence-corrected chi connectivity index (χ1v) is 14.3. The van der Waals surface area contributed by atoms with E-state index in [-0.39, 0.29) is 0 Å². The second kappa shape index (κ2) is 20.4. The summed E-state index contributed by atoms with van der Waals surface area (Å²) in [6.07, 6.45) is 24.9. The molecule has 1 rings (SSSR count). The van der Waals surface area contributed by atoms with E-state index < -0.39 is 0 Å². The molecule has 0 fully saturated rings. The minimum atomic E-state index is 0.551. The zero-order valence-electron chi connectivity index (χ0n) is 22.2. The topological polar surface area (TPSA) is 24.1 Å². The van der Waals surface area contributed by atoms with E-state index in [0.29, 0.717) is 12.1 Å². The highest BCUT2D eigenvalue weighted by Crippen LogP contribution is 2.19. The van der Waals surface area contributed by atoms with Gasteiger partial charge < -0.3 is 10.6 Å². The maximum Gasteiger partial charge on any atom is 0.0343 e. The first kappa shape index (κ1) is 28.9. The van der Waals surface area contributed by atoms with Crippen LogP contribution in [0.15, 0.2) is 24.3 Å². The van der Waals surface area contributed by atoms with Crippen LogP contribution in [0.25, 0.3) is 0 Å². The van der Waals surface area contributed by atoms with Crippen molar-refractivity contribution in [3.63, 3.8) is 0 Å². The predicted molar refractivity (Wildman–Crippen MR) is 147 cm³/mol. The lowest BCUT2D eigenvalue weighted by molar-refractivity contribution is 0.550. The van der Waals surface area contributed by atoms with Gasteiger partial charge >= 0.3 is 0 Å². The van der Waals surface area contributed by atoms with Crippen molar-refractivity contribution in [2.75, 3.05) is 10.6 Å². The molecule has 2 unspecified atom stereocenters. The summed E-state index contributed by atoms with van der Waals surface area (Å²) in [6.45, 7) is 9.22. The SMILES string of the molecule is CCCCCCCCCCC(C)Nc1ccc(NC(C)CCCCCCCCCC)cc1. The van der Waals surface area contributed by atoms with Crippen molar-refractivity contribution in [1.29, 1.82) is 0 Å². The fraction of sp³-hybridized carbons (Fsp3) is 0.800. The summed E-state index contributed by atoms with van der Waals surface area (Å²) in [7, 11) is 0. The molecule has 2 nitrogen and oxygen atoms in total. The molecule has 0 aliphatic carbocycles. The molecule has 2 atom stereocenters. The Morgan fingerprint density at radius 3 is 1.06 bits per heavy atom. The van der Waals surface area contributed by atoms with E-state index in [1.807, 2.05) is 0 Å². The van der Waals surface area contributed by atoms with Gasteiger partial charge in [-0.25, -0.2) is 0 Å². The molecular weight excluding hydrogens is 388 g/mol. The molecule has 0 saturated carbocycles. The number of nitrogens with one attached hydrogen (secondary N) is 2. The van der Waals surface area contributed by atoms with E-state index in [2.05, 4.69) is 62.6 Å². The summed E-state index contributed by atoms with van der Waals surface area (Å²) < 4.78 is 0. The molecule has 0 bridgehead atoms. The third kappa shape index (κ3) is 16.5. The number of rotatable bonds is 22. The maximum absolute atomic E-state index is 3.68. The molecule has 0 saturated heterocycles. The molecule has 0 radical (unpaired) electrons. The number of hydrogen-bond donors (Lipinski definition) is 2. The van der Waals surface area contributed by atoms with Gasteiger partial charge in [0.05, 0.1) is 0 Å². The van der Waals surface area contributed by atoms with Gasteiger partial charge in [-0.2, -0.15) is 0 Å². The molecule has 0 spiro atoms. The molecule has 0 heterocycles. The zero-order valence-corrected chi connectivity index (χ0v) is 22.2. The highest BCUT2D eigenvalue weighted by Gasteiger charge is 2.05. The van der Waals surface area contributed by atoms with E-state index in [1.54, 1.807) is 0 Å². The van der Waals surface area contributed by atoms with Crippen LogP contribution < -0.4 is 10.6 Å². The van der Waals surface area contributed by atoms with Gasteiger partial charge in [-0.15, -0.1) is 0 Å². The molecule has 1 aromatic carbocycles. The van der Waals surface area contributed by atoms with Crippen molar-refractivity contribution in [2.45, 2.75) is 155 Å². The molecule has 0 amide bonds. The van der Waals surface area contributed by atoms with Crippen LogP contribution in [0.3, 0.4) is 0 Å². The first-order chi connectivity index (χ1) is 15.7. The van der Waals surface area contributed by atoms with Crippen molar-refractivity contribution >= 4 is 11.4 Å². The normalized spacial score (nSPS) is 13.1. The summed E-state index contributed by atoms with van der Waals surface area (Å²) in [4.78, 5) is 0. The van der Waals surface area contributed by atoms with E-state index in [1.165, 1.54) is 127 Å². The fourth-order valence-electron chi connectivity index (χ4n) is 4.54. The van der Waals surface area contributed by atoms with Crippen LogP contribution in [0, 0.1) is 0 Å². The molecule has 2 N–H and O–H groups in total. The smallest absolute Gasteiger partial charge is 0.0343 e. The third-order valence-electron chi connectivity index (χ3n) is 6.69. The lowest BCUT2D eigenvalue weighted by Gasteiger charge is -2.18. The Bertz CT molecular complexity index is 463. The van der Waals surface area contributed by atoms with Gasteiger partial charge in [-0.05, 0) is 51.0 Å². The monoisotopic (exact) mass is 444 g/mol. The Hall–Kier alpha value is -1.18. The van der Waals surface area contributed by atoms with E-state index in [9.17, 15) is 0 Å². The minimum absolute atomic E-state index is 0.551. The standard InChI is InChI=1S/C30H56N2/c1-5-7-9-11-13-15-17-19-21-27(3)31-29-23-25-30(26-24-29)32-28(4)22-20-18-16-14-12-10-8-6-2/h23-28,31-32H,5-22H2,1-4H3. The van der Waals surface area contributed by atoms with Gasteiger partial charge in [0.2, 0.25) is 0 Å². The van der Waals surface area contributed by atoms with Crippen molar-refractivity contribution in [1.82, 2.24) is 0 Å². The average molecular weight is 445 g/mol. The second-order valence-electron chi connectivity index (χ2n) is 10.2. The second-order valence-corrected chi connectivity index (χ2v) is 10.2. The van der Waals surface area contributed by atoms with Gasteiger partial charge in [-0.3, -0.25) is 0 Å². The van der Waals surface area contributed by atoms with Crippen LogP contribution in [-0.2, 0) is 0 Å². The quantitative estimate of drug-likeness (QED) is 0.174. The summed E-state index contributed by atoms with van der Waals surface area (Å²) >= 11 is 0. The third-order valence-corrected chi connectivity index (χ3v) is 6.69. The molecule has 0 aliphatic rings. The van der Waals surface area contributed by atoms with Gasteiger partial charge in [0.1, 0.15) is 0 Å². The Labute approximate surface area is 201 Å². The lowest BCUT2D eigenvalue weighted by atomic mass is 10.0. The number of hydrogen-bond acceptors (Lipinski definition) is 2. The van der Waals surface area contributed by atoms with Gasteiger partial charge in [0.15, 0.2) is 0 Å². The van der Waals surface area contributed by atoms with Crippen molar-refractivity contribution in [3.05, 3.63) is 24.3 Å². The highest BCUT2D eigenvalue weighted by molar-refractivity contribution is 5.54. The molecule has 0 aromatic heterocycles. The van der Waals surface area contributed by atoms with Crippen LogP contribution in [0.5, 0.6) is 0 Å². The maximum atomic E-state index is 3.68. The summed E-state index contributed by atoms with van der Waals surface area (Å²) in [6, 6.07) is 10.0. The Morgan fingerprint density at radius 1 is 0.469 bits per heavy atom. The van der Waals surface area contributed by atoms with Crippen LogP contribution in [0.1, 0.15) is 143 Å². The van der Waals surface area contributed by atoms with Crippen LogP contribution in [0.2, 0.25) is 0 Å². The number of anilines is 2. The van der Waals surface area contributed by atoms with Crippen molar-refractivity contribution < 1.29 is 0 Å². The molecule has 2 heteroatoms. The fourth-order valence-corrected chi connectivity index (χ4v) is 4.54. The van der Waals surface area contributed by atoms with Gasteiger partial charge in [0.25, 0.3) is 0 Å².